The monoisotopic (exact) mass is 432 g/mol. The van der Waals surface area contributed by atoms with Crippen molar-refractivity contribution in [3.05, 3.63) is 99.0 Å². The topological polar surface area (TPSA) is 44.1 Å². The minimum Gasteiger partial charge on any atom is -0.495 e. The van der Waals surface area contributed by atoms with Crippen LogP contribution in [-0.2, 0) is 0 Å². The van der Waals surface area contributed by atoms with Gasteiger partial charge in [0.05, 0.1) is 23.7 Å². The first-order chi connectivity index (χ1) is 13.7. The van der Waals surface area contributed by atoms with Crippen LogP contribution < -0.4 is 10.3 Å². The summed E-state index contributed by atoms with van der Waals surface area (Å²) in [5.41, 5.74) is 2.19. The predicted octanol–water partition coefficient (Wildman–Crippen LogP) is 5.33. The molecule has 0 spiro atoms. The molecule has 0 bridgehead atoms. The van der Waals surface area contributed by atoms with Crippen molar-refractivity contribution in [2.75, 3.05) is 7.11 Å². The normalized spacial score (nSPS) is 11.2. The number of nitrogens with zero attached hydrogens (tertiary/aromatic N) is 2. The van der Waals surface area contributed by atoms with Crippen LogP contribution in [0, 0.1) is 0 Å². The van der Waals surface area contributed by atoms with Crippen LogP contribution in [0.5, 0.6) is 5.75 Å². The second-order valence-corrected chi connectivity index (χ2v) is 7.10. The number of benzene rings is 3. The van der Waals surface area contributed by atoms with Gasteiger partial charge in [-0.05, 0) is 48.0 Å². The maximum Gasteiger partial charge on any atom is 0.266 e. The molecule has 138 valence electrons. The quantitative estimate of drug-likeness (QED) is 0.437. The molecule has 0 amide bonds. The van der Waals surface area contributed by atoms with Crippen LogP contribution in [-0.4, -0.2) is 16.7 Å². The Bertz CT molecular complexity index is 1230. The summed E-state index contributed by atoms with van der Waals surface area (Å²) in [5.74, 6) is 1.15. The largest absolute Gasteiger partial charge is 0.495 e. The van der Waals surface area contributed by atoms with Crippen LogP contribution in [0.3, 0.4) is 0 Å². The molecule has 0 aliphatic carbocycles. The molecule has 0 unspecified atom stereocenters. The summed E-state index contributed by atoms with van der Waals surface area (Å²) in [7, 11) is 1.59. The van der Waals surface area contributed by atoms with Crippen LogP contribution >= 0.6 is 15.9 Å². The van der Waals surface area contributed by atoms with Crippen LogP contribution in [0.25, 0.3) is 28.7 Å². The molecule has 0 radical (unpaired) electrons. The number of halogens is 1. The smallest absolute Gasteiger partial charge is 0.266 e. The summed E-state index contributed by atoms with van der Waals surface area (Å²) >= 11 is 3.44. The van der Waals surface area contributed by atoms with Gasteiger partial charge in [-0.3, -0.25) is 9.36 Å². The van der Waals surface area contributed by atoms with Crippen molar-refractivity contribution in [2.24, 2.45) is 0 Å². The maximum atomic E-state index is 13.3. The third kappa shape index (κ3) is 3.49. The second kappa shape index (κ2) is 7.82. The highest BCUT2D eigenvalue weighted by Gasteiger charge is 2.14. The molecule has 4 rings (SSSR count). The van der Waals surface area contributed by atoms with Crippen molar-refractivity contribution < 1.29 is 4.74 Å². The number of rotatable bonds is 4. The van der Waals surface area contributed by atoms with E-state index in [1.165, 1.54) is 0 Å². The number of aromatic nitrogens is 2. The first-order valence-corrected chi connectivity index (χ1v) is 9.55. The average Bonchev–Trinajstić information content (AvgIpc) is 2.73. The highest BCUT2D eigenvalue weighted by molar-refractivity contribution is 9.10. The lowest BCUT2D eigenvalue weighted by molar-refractivity contribution is 0.412. The molecular weight excluding hydrogens is 416 g/mol. The zero-order valence-electron chi connectivity index (χ0n) is 15.2. The summed E-state index contributed by atoms with van der Waals surface area (Å²) in [5, 5.41) is 0.564. The minimum absolute atomic E-state index is 0.134. The van der Waals surface area contributed by atoms with Gasteiger partial charge in [-0.15, -0.1) is 0 Å². The second-order valence-electron chi connectivity index (χ2n) is 6.18. The fourth-order valence-electron chi connectivity index (χ4n) is 3.05. The number of methoxy groups -OCH3 is 1. The Kier molecular flexibility index (Phi) is 5.08. The standard InChI is InChI=1S/C23H17BrN2O2/c1-28-21-9-5-4-8-20(21)26-22(15-12-16-10-13-17(24)14-11-16)25-19-7-3-2-6-18(19)23(26)27/h2-15H,1H3. The molecule has 0 N–H and O–H groups in total. The number of para-hydroxylation sites is 3. The molecular formula is C23H17BrN2O2. The number of hydrogen-bond acceptors (Lipinski definition) is 3. The molecule has 0 saturated heterocycles. The Balaban J connectivity index is 1.96. The predicted molar refractivity (Wildman–Crippen MR) is 117 cm³/mol. The highest BCUT2D eigenvalue weighted by Crippen LogP contribution is 2.24. The van der Waals surface area contributed by atoms with E-state index in [2.05, 4.69) is 15.9 Å². The van der Waals surface area contributed by atoms with Gasteiger partial charge in [-0.2, -0.15) is 0 Å². The van der Waals surface area contributed by atoms with Crippen molar-refractivity contribution in [2.45, 2.75) is 0 Å². The lowest BCUT2D eigenvalue weighted by Crippen LogP contribution is -2.22. The van der Waals surface area contributed by atoms with Gasteiger partial charge in [0, 0.05) is 4.47 Å². The zero-order chi connectivity index (χ0) is 19.5. The third-order valence-corrected chi connectivity index (χ3v) is 4.95. The van der Waals surface area contributed by atoms with Crippen molar-refractivity contribution in [1.82, 2.24) is 9.55 Å². The molecule has 1 heterocycles. The van der Waals surface area contributed by atoms with E-state index in [4.69, 9.17) is 9.72 Å². The average molecular weight is 433 g/mol. The molecule has 0 aliphatic rings. The summed E-state index contributed by atoms with van der Waals surface area (Å²) in [6.45, 7) is 0. The van der Waals surface area contributed by atoms with Crippen molar-refractivity contribution in [3.8, 4) is 11.4 Å². The van der Waals surface area contributed by atoms with E-state index >= 15 is 0 Å². The molecule has 4 aromatic rings. The SMILES string of the molecule is COc1ccccc1-n1c(C=Cc2ccc(Br)cc2)nc2ccccc2c1=O. The lowest BCUT2D eigenvalue weighted by Gasteiger charge is -2.14. The Hall–Kier alpha value is -3.18. The molecule has 0 fully saturated rings. The number of ether oxygens (including phenoxy) is 1. The molecule has 0 atom stereocenters. The van der Waals surface area contributed by atoms with Crippen molar-refractivity contribution >= 4 is 39.0 Å². The first-order valence-electron chi connectivity index (χ1n) is 8.76. The number of fused-ring (bicyclic) bond motifs is 1. The lowest BCUT2D eigenvalue weighted by atomic mass is 10.2. The summed E-state index contributed by atoms with van der Waals surface area (Å²) in [4.78, 5) is 18.0. The van der Waals surface area contributed by atoms with E-state index in [0.29, 0.717) is 28.2 Å². The van der Waals surface area contributed by atoms with Gasteiger partial charge >= 0.3 is 0 Å². The van der Waals surface area contributed by atoms with Gasteiger partial charge in [0.15, 0.2) is 0 Å². The van der Waals surface area contributed by atoms with E-state index in [-0.39, 0.29) is 5.56 Å². The summed E-state index contributed by atoms with van der Waals surface area (Å²) < 4.78 is 8.09. The molecule has 0 saturated carbocycles. The first kappa shape index (κ1) is 18.2. The molecule has 5 heteroatoms. The van der Waals surface area contributed by atoms with Gasteiger partial charge in [0.1, 0.15) is 11.6 Å². The Morgan fingerprint density at radius 2 is 1.64 bits per heavy atom. The Morgan fingerprint density at radius 1 is 0.929 bits per heavy atom. The summed E-state index contributed by atoms with van der Waals surface area (Å²) in [6.07, 6.45) is 3.79. The van der Waals surface area contributed by atoms with Gasteiger partial charge in [-0.25, -0.2) is 4.98 Å². The molecule has 4 nitrogen and oxygen atoms in total. The van der Waals surface area contributed by atoms with E-state index < -0.39 is 0 Å². The van der Waals surface area contributed by atoms with E-state index in [0.717, 1.165) is 10.0 Å². The molecule has 3 aromatic carbocycles. The zero-order valence-corrected chi connectivity index (χ0v) is 16.8. The van der Waals surface area contributed by atoms with Crippen LogP contribution in [0.4, 0.5) is 0 Å². The van der Waals surface area contributed by atoms with Gasteiger partial charge in [0.2, 0.25) is 0 Å². The summed E-state index contributed by atoms with van der Waals surface area (Å²) in [6, 6.07) is 22.7. The highest BCUT2D eigenvalue weighted by atomic mass is 79.9. The molecule has 1 aromatic heterocycles. The maximum absolute atomic E-state index is 13.3. The molecule has 0 aliphatic heterocycles. The molecule has 28 heavy (non-hydrogen) atoms. The van der Waals surface area contributed by atoms with E-state index in [1.54, 1.807) is 17.7 Å². The third-order valence-electron chi connectivity index (χ3n) is 4.42. The van der Waals surface area contributed by atoms with Crippen LogP contribution in [0.15, 0.2) is 82.1 Å². The van der Waals surface area contributed by atoms with E-state index in [1.807, 2.05) is 78.9 Å². The Labute approximate surface area is 170 Å². The fourth-order valence-corrected chi connectivity index (χ4v) is 3.32. The van der Waals surface area contributed by atoms with E-state index in [9.17, 15) is 4.79 Å². The van der Waals surface area contributed by atoms with Gasteiger partial charge < -0.3 is 4.74 Å². The minimum atomic E-state index is -0.134. The van der Waals surface area contributed by atoms with Crippen molar-refractivity contribution in [1.29, 1.82) is 0 Å². The number of hydrogen-bond donors (Lipinski definition) is 0. The van der Waals surface area contributed by atoms with Gasteiger partial charge in [-0.1, -0.05) is 58.4 Å². The van der Waals surface area contributed by atoms with Gasteiger partial charge in [0.25, 0.3) is 5.56 Å². The fraction of sp³-hybridized carbons (Fsp3) is 0.0435. The van der Waals surface area contributed by atoms with Crippen LogP contribution in [0.1, 0.15) is 11.4 Å². The Morgan fingerprint density at radius 3 is 2.43 bits per heavy atom. The van der Waals surface area contributed by atoms with Crippen molar-refractivity contribution in [3.63, 3.8) is 0 Å². The van der Waals surface area contributed by atoms with Crippen LogP contribution in [0.2, 0.25) is 0 Å².